The van der Waals surface area contributed by atoms with Crippen molar-refractivity contribution in [2.24, 2.45) is 0 Å². The third-order valence-corrected chi connectivity index (χ3v) is 7.35. The molecule has 0 bridgehead atoms. The topological polar surface area (TPSA) is 105 Å². The van der Waals surface area contributed by atoms with Crippen molar-refractivity contribution in [3.63, 3.8) is 0 Å². The molecule has 1 N–H and O–H groups in total. The summed E-state index contributed by atoms with van der Waals surface area (Å²) >= 11 is 2.81. The molecule has 1 saturated heterocycles. The predicted octanol–water partition coefficient (Wildman–Crippen LogP) is 3.25. The van der Waals surface area contributed by atoms with Crippen LogP contribution in [0.3, 0.4) is 0 Å². The Kier molecular flexibility index (Phi) is 6.31. The van der Waals surface area contributed by atoms with Crippen LogP contribution in [-0.2, 0) is 11.3 Å². The van der Waals surface area contributed by atoms with Crippen molar-refractivity contribution < 1.29 is 18.4 Å². The summed E-state index contributed by atoms with van der Waals surface area (Å²) in [6, 6.07) is 13.0. The van der Waals surface area contributed by atoms with Gasteiger partial charge in [0, 0.05) is 31.6 Å². The van der Waals surface area contributed by atoms with Crippen LogP contribution < -0.4 is 10.2 Å². The Hall–Kier alpha value is -3.31. The zero-order valence-electron chi connectivity index (χ0n) is 17.6. The van der Waals surface area contributed by atoms with E-state index in [1.54, 1.807) is 23.3 Å². The van der Waals surface area contributed by atoms with E-state index < -0.39 is 0 Å². The minimum atomic E-state index is -0.0973. The van der Waals surface area contributed by atoms with E-state index in [9.17, 15) is 9.59 Å². The molecule has 9 nitrogen and oxygen atoms in total. The molecule has 1 aliphatic heterocycles. The molecule has 4 heterocycles. The highest BCUT2D eigenvalue weighted by molar-refractivity contribution is 8.01. The Morgan fingerprint density at radius 2 is 1.94 bits per heavy atom. The smallest absolute Gasteiger partial charge is 0.289 e. The molecule has 170 valence electrons. The van der Waals surface area contributed by atoms with Crippen LogP contribution in [-0.4, -0.2) is 58.8 Å². The van der Waals surface area contributed by atoms with Crippen LogP contribution in [0.4, 0.5) is 5.13 Å². The minimum absolute atomic E-state index is 0.0918. The Bertz CT molecular complexity index is 1210. The maximum Gasteiger partial charge on any atom is 0.289 e. The second kappa shape index (κ2) is 9.67. The molecular formula is C22H21N5O4S2. The van der Waals surface area contributed by atoms with Crippen molar-refractivity contribution in [3.05, 3.63) is 60.2 Å². The van der Waals surface area contributed by atoms with Gasteiger partial charge in [-0.2, -0.15) is 0 Å². The van der Waals surface area contributed by atoms with Crippen LogP contribution in [0, 0.1) is 0 Å². The van der Waals surface area contributed by atoms with E-state index in [1.165, 1.54) is 23.1 Å². The van der Waals surface area contributed by atoms with Crippen LogP contribution in [0.1, 0.15) is 16.3 Å². The van der Waals surface area contributed by atoms with E-state index in [2.05, 4.69) is 20.4 Å². The van der Waals surface area contributed by atoms with Crippen LogP contribution in [0.2, 0.25) is 0 Å². The summed E-state index contributed by atoms with van der Waals surface area (Å²) in [7, 11) is 0. The van der Waals surface area contributed by atoms with E-state index in [1.807, 2.05) is 30.3 Å². The molecule has 0 radical (unpaired) electrons. The number of benzene rings is 1. The summed E-state index contributed by atoms with van der Waals surface area (Å²) in [4.78, 5) is 28.8. The molecule has 0 atom stereocenters. The zero-order chi connectivity index (χ0) is 22.6. The van der Waals surface area contributed by atoms with Gasteiger partial charge in [0.15, 0.2) is 10.1 Å². The predicted molar refractivity (Wildman–Crippen MR) is 126 cm³/mol. The number of furan rings is 2. The molecule has 33 heavy (non-hydrogen) atoms. The number of para-hydroxylation sites is 1. The summed E-state index contributed by atoms with van der Waals surface area (Å²) in [6.45, 7) is 2.84. The van der Waals surface area contributed by atoms with E-state index in [0.717, 1.165) is 14.9 Å². The number of nitrogens with zero attached hydrogens (tertiary/aromatic N) is 4. The summed E-state index contributed by atoms with van der Waals surface area (Å²) in [5, 5.41) is 13.0. The van der Waals surface area contributed by atoms with Gasteiger partial charge < -0.3 is 24.0 Å². The highest BCUT2D eigenvalue weighted by Gasteiger charge is 2.26. The number of carbonyl (C=O) groups excluding carboxylic acids is 2. The number of carbonyl (C=O) groups is 2. The summed E-state index contributed by atoms with van der Waals surface area (Å²) in [6.07, 6.45) is 1.58. The quantitative estimate of drug-likeness (QED) is 0.400. The third kappa shape index (κ3) is 5.04. The Balaban J connectivity index is 1.10. The molecule has 5 rings (SSSR count). The van der Waals surface area contributed by atoms with E-state index in [0.29, 0.717) is 49.8 Å². The van der Waals surface area contributed by atoms with Gasteiger partial charge in [-0.3, -0.25) is 9.59 Å². The summed E-state index contributed by atoms with van der Waals surface area (Å²) in [5.41, 5.74) is 0.716. The summed E-state index contributed by atoms with van der Waals surface area (Å²) < 4.78 is 11.7. The van der Waals surface area contributed by atoms with E-state index in [-0.39, 0.29) is 17.6 Å². The lowest BCUT2D eigenvalue weighted by Crippen LogP contribution is -2.48. The Labute approximate surface area is 197 Å². The van der Waals surface area contributed by atoms with Gasteiger partial charge in [0.1, 0.15) is 11.3 Å². The normalized spacial score (nSPS) is 14.1. The van der Waals surface area contributed by atoms with Gasteiger partial charge in [0.05, 0.1) is 18.6 Å². The van der Waals surface area contributed by atoms with E-state index in [4.69, 9.17) is 8.83 Å². The molecular weight excluding hydrogens is 462 g/mol. The number of thioether (sulfide) groups is 1. The second-order valence-electron chi connectivity index (χ2n) is 7.42. The largest absolute Gasteiger partial charge is 0.467 e. The van der Waals surface area contributed by atoms with Crippen molar-refractivity contribution in [1.29, 1.82) is 0 Å². The number of anilines is 1. The lowest BCUT2D eigenvalue weighted by atomic mass is 10.2. The Morgan fingerprint density at radius 3 is 2.73 bits per heavy atom. The third-order valence-electron chi connectivity index (χ3n) is 5.24. The van der Waals surface area contributed by atoms with Gasteiger partial charge in [0.25, 0.3) is 5.91 Å². The second-order valence-corrected chi connectivity index (χ2v) is 9.60. The lowest BCUT2D eigenvalue weighted by Gasteiger charge is -2.33. The SMILES string of the molecule is O=C(CSc1nnc(N2CCN(C(=O)c3cc4ccccc4o3)CC2)s1)NCc1ccco1. The molecule has 3 aromatic heterocycles. The number of amides is 2. The van der Waals surface area contributed by atoms with Crippen LogP contribution in [0.5, 0.6) is 0 Å². The fraction of sp³-hybridized carbons (Fsp3) is 0.273. The highest BCUT2D eigenvalue weighted by Crippen LogP contribution is 2.29. The van der Waals surface area contributed by atoms with Crippen molar-refractivity contribution >= 4 is 51.0 Å². The van der Waals surface area contributed by atoms with Crippen molar-refractivity contribution in [3.8, 4) is 0 Å². The maximum absolute atomic E-state index is 12.8. The molecule has 1 aromatic carbocycles. The number of nitrogens with one attached hydrogen (secondary N) is 1. The van der Waals surface area contributed by atoms with Gasteiger partial charge in [-0.15, -0.1) is 10.2 Å². The zero-order valence-corrected chi connectivity index (χ0v) is 19.2. The number of aromatic nitrogens is 2. The van der Waals surface area contributed by atoms with Gasteiger partial charge >= 0.3 is 0 Å². The first kappa shape index (κ1) is 21.5. The van der Waals surface area contributed by atoms with E-state index >= 15 is 0 Å². The average Bonchev–Trinajstić information content (AvgIpc) is 3.61. The number of rotatable bonds is 7. The molecule has 0 saturated carbocycles. The standard InChI is InChI=1S/C22H21N5O4S2/c28-19(23-13-16-5-3-11-30-16)14-32-22-25-24-21(33-22)27-9-7-26(8-10-27)20(29)18-12-15-4-1-2-6-17(15)31-18/h1-6,11-12H,7-10,13-14H2,(H,23,28). The molecule has 4 aromatic rings. The van der Waals surface area contributed by atoms with Crippen LogP contribution in [0.25, 0.3) is 11.0 Å². The lowest BCUT2D eigenvalue weighted by molar-refractivity contribution is -0.118. The first-order chi connectivity index (χ1) is 16.2. The fourth-order valence-corrected chi connectivity index (χ4v) is 5.23. The molecule has 2 amide bonds. The van der Waals surface area contributed by atoms with Crippen molar-refractivity contribution in [2.75, 3.05) is 36.8 Å². The fourth-order valence-electron chi connectivity index (χ4n) is 3.51. The minimum Gasteiger partial charge on any atom is -0.467 e. The first-order valence-corrected chi connectivity index (χ1v) is 12.2. The number of piperazine rings is 1. The van der Waals surface area contributed by atoms with Gasteiger partial charge in [-0.05, 0) is 24.3 Å². The molecule has 0 aliphatic carbocycles. The number of hydrogen-bond acceptors (Lipinski definition) is 9. The monoisotopic (exact) mass is 483 g/mol. The van der Waals surface area contributed by atoms with Gasteiger partial charge in [-0.25, -0.2) is 0 Å². The highest BCUT2D eigenvalue weighted by atomic mass is 32.2. The first-order valence-electron chi connectivity index (χ1n) is 10.4. The van der Waals surface area contributed by atoms with Crippen molar-refractivity contribution in [1.82, 2.24) is 20.4 Å². The number of fused-ring (bicyclic) bond motifs is 1. The van der Waals surface area contributed by atoms with Crippen molar-refractivity contribution in [2.45, 2.75) is 10.9 Å². The van der Waals surface area contributed by atoms with Gasteiger partial charge in [0.2, 0.25) is 11.0 Å². The molecule has 11 heteroatoms. The summed E-state index contributed by atoms with van der Waals surface area (Å²) in [5.74, 6) is 1.15. The molecule has 0 unspecified atom stereocenters. The molecule has 1 fully saturated rings. The Morgan fingerprint density at radius 1 is 1.09 bits per heavy atom. The maximum atomic E-state index is 12.8. The van der Waals surface area contributed by atoms with Crippen LogP contribution in [0.15, 0.2) is 61.9 Å². The number of hydrogen-bond donors (Lipinski definition) is 1. The average molecular weight is 484 g/mol. The van der Waals surface area contributed by atoms with Gasteiger partial charge in [-0.1, -0.05) is 41.3 Å². The molecule has 1 aliphatic rings. The van der Waals surface area contributed by atoms with Crippen LogP contribution >= 0.6 is 23.1 Å². The molecule has 0 spiro atoms.